The Bertz CT molecular complexity index is 1920. The highest BCUT2D eigenvalue weighted by Gasteiger charge is 2.29. The first-order valence-corrected chi connectivity index (χ1v) is 13.9. The minimum absolute atomic E-state index is 0.0657. The summed E-state index contributed by atoms with van der Waals surface area (Å²) in [5.74, 6) is -2.42. The van der Waals surface area contributed by atoms with Crippen LogP contribution in [0.1, 0.15) is 20.8 Å². The van der Waals surface area contributed by atoms with Gasteiger partial charge < -0.3 is 24.3 Å². The normalized spacial score (nSPS) is 12.5. The molecule has 4 aromatic rings. The molecule has 5 rings (SSSR count). The van der Waals surface area contributed by atoms with Crippen LogP contribution in [-0.2, 0) is 9.59 Å². The van der Waals surface area contributed by atoms with E-state index in [0.29, 0.717) is 39.7 Å². The quantitative estimate of drug-likeness (QED) is 0.0558. The van der Waals surface area contributed by atoms with Gasteiger partial charge in [-0.1, -0.05) is 6.42 Å². The lowest BCUT2D eigenvalue weighted by Crippen LogP contribution is -2.33. The molecule has 234 valence electrons. The number of benzene rings is 3. The first kappa shape index (κ1) is 31.4. The second-order valence-corrected chi connectivity index (χ2v) is 10.1. The molecule has 0 unspecified atom stereocenters. The molecule has 0 atom stereocenters. The van der Waals surface area contributed by atoms with Gasteiger partial charge in [-0.3, -0.25) is 14.6 Å². The predicted molar refractivity (Wildman–Crippen MR) is 165 cm³/mol. The summed E-state index contributed by atoms with van der Waals surface area (Å²) in [6.07, 6.45) is 6.82. The lowest BCUT2D eigenvalue weighted by atomic mass is 10.1. The largest absolute Gasteiger partial charge is 0.487 e. The molecule has 2 amide bonds. The van der Waals surface area contributed by atoms with Crippen molar-refractivity contribution in [2.75, 3.05) is 23.4 Å². The first-order chi connectivity index (χ1) is 22.1. The first-order valence-electron chi connectivity index (χ1n) is 13.9. The Morgan fingerprint density at radius 3 is 2.39 bits per heavy atom. The summed E-state index contributed by atoms with van der Waals surface area (Å²) < 4.78 is 52.3. The van der Waals surface area contributed by atoms with Crippen molar-refractivity contribution in [3.8, 4) is 41.2 Å². The zero-order chi connectivity index (χ0) is 33.0. The number of nitroso groups, excluding NO2 is 1. The lowest BCUT2D eigenvalue weighted by molar-refractivity contribution is -0.119. The topological polar surface area (TPSA) is 129 Å². The third-order valence-electron chi connectivity index (χ3n) is 6.57. The summed E-state index contributed by atoms with van der Waals surface area (Å²) in [7, 11) is 0. The second kappa shape index (κ2) is 13.3. The van der Waals surface area contributed by atoms with Crippen molar-refractivity contribution in [3.63, 3.8) is 0 Å². The fourth-order valence-electron chi connectivity index (χ4n) is 4.59. The number of aromatic nitrogens is 1. The number of ether oxygens (including phenoxy) is 4. The van der Waals surface area contributed by atoms with Gasteiger partial charge in [-0.05, 0) is 68.4 Å². The summed E-state index contributed by atoms with van der Waals surface area (Å²) >= 11 is 0. The number of amides is 2. The van der Waals surface area contributed by atoms with E-state index in [-0.39, 0.29) is 35.6 Å². The van der Waals surface area contributed by atoms with Crippen LogP contribution >= 0.6 is 0 Å². The number of allylic oxidation sites excluding steroid dienone is 1. The van der Waals surface area contributed by atoms with E-state index in [1.165, 1.54) is 36.5 Å². The van der Waals surface area contributed by atoms with Gasteiger partial charge in [0.05, 0.1) is 22.7 Å². The van der Waals surface area contributed by atoms with Gasteiger partial charge in [-0.2, -0.15) is 0 Å². The van der Waals surface area contributed by atoms with Gasteiger partial charge in [-0.25, -0.2) is 13.7 Å². The van der Waals surface area contributed by atoms with Gasteiger partial charge in [0.15, 0.2) is 23.1 Å². The molecule has 0 saturated heterocycles. The maximum Gasteiger partial charge on any atom is 0.277 e. The van der Waals surface area contributed by atoms with E-state index >= 15 is 4.39 Å². The van der Waals surface area contributed by atoms with Crippen molar-refractivity contribution >= 4 is 34.1 Å². The van der Waals surface area contributed by atoms with Crippen LogP contribution in [0.3, 0.4) is 0 Å². The second-order valence-electron chi connectivity index (χ2n) is 10.1. The summed E-state index contributed by atoms with van der Waals surface area (Å²) in [6.45, 7) is 5.46. The summed E-state index contributed by atoms with van der Waals surface area (Å²) in [5, 5.41) is 5.53. The van der Waals surface area contributed by atoms with E-state index < -0.39 is 34.7 Å². The molecule has 1 aliphatic rings. The molecule has 0 radical (unpaired) electrons. The maximum absolute atomic E-state index is 15.4. The van der Waals surface area contributed by atoms with Crippen molar-refractivity contribution in [1.82, 2.24) is 4.98 Å². The molecule has 0 saturated carbocycles. The van der Waals surface area contributed by atoms with E-state index in [1.807, 2.05) is 13.8 Å². The number of terminal acetylenes is 1. The molecule has 3 aromatic carbocycles. The van der Waals surface area contributed by atoms with Crippen LogP contribution in [0, 0.1) is 29.0 Å². The Morgan fingerprint density at radius 2 is 1.74 bits per heavy atom. The molecule has 0 bridgehead atoms. The number of nitrogens with zero attached hydrogens (tertiary/aromatic N) is 3. The lowest BCUT2D eigenvalue weighted by Gasteiger charge is -2.24. The van der Waals surface area contributed by atoms with Crippen LogP contribution in [0.4, 0.5) is 20.2 Å². The number of pyridine rings is 1. The Morgan fingerprint density at radius 1 is 1.02 bits per heavy atom. The van der Waals surface area contributed by atoms with Gasteiger partial charge in [0.1, 0.15) is 36.1 Å². The minimum atomic E-state index is -1.08. The summed E-state index contributed by atoms with van der Waals surface area (Å²) in [6, 6.07) is 13.4. The van der Waals surface area contributed by atoms with Crippen LogP contribution in [0.25, 0.3) is 10.9 Å². The Balaban J connectivity index is 1.41. The highest BCUT2D eigenvalue weighted by molar-refractivity contribution is 6.28. The summed E-state index contributed by atoms with van der Waals surface area (Å²) in [4.78, 5) is 42.9. The van der Waals surface area contributed by atoms with Gasteiger partial charge in [0, 0.05) is 30.1 Å². The SMILES string of the molecule is C#CN(C(=O)/C(C(=O)Nc1ccc(Oc2ccnc3cc(OC(C)C)c4c(c23)OCCO4)c(F)c1)=C(\C)N=O)c1ccc(F)cc1. The molecule has 1 aromatic heterocycles. The van der Waals surface area contributed by atoms with E-state index in [0.717, 1.165) is 25.1 Å². The van der Waals surface area contributed by atoms with Gasteiger partial charge >= 0.3 is 0 Å². The number of halogens is 2. The monoisotopic (exact) mass is 628 g/mol. The van der Waals surface area contributed by atoms with E-state index in [2.05, 4.69) is 21.5 Å². The molecule has 0 fully saturated rings. The molecule has 46 heavy (non-hydrogen) atoms. The molecule has 0 spiro atoms. The fourth-order valence-corrected chi connectivity index (χ4v) is 4.59. The number of anilines is 2. The van der Waals surface area contributed by atoms with Gasteiger partial charge in [0.2, 0.25) is 5.75 Å². The van der Waals surface area contributed by atoms with Crippen molar-refractivity contribution in [1.29, 1.82) is 0 Å². The van der Waals surface area contributed by atoms with Crippen molar-refractivity contribution in [2.45, 2.75) is 26.9 Å². The van der Waals surface area contributed by atoms with Gasteiger partial charge in [-0.15, -0.1) is 4.91 Å². The van der Waals surface area contributed by atoms with E-state index in [4.69, 9.17) is 25.4 Å². The number of carbonyl (C=O) groups excluding carboxylic acids is 2. The standard InChI is InChI=1S/C33H26F2N4O7/c1-5-39(22-9-6-20(34)7-10-22)33(41)28(19(4)38-42)32(40)37-21-8-11-25(23(35)16-21)46-26-12-13-36-24-17-27(45-18(2)3)30-31(29(24)26)44-15-14-43-30/h1,6-13,16-18H,14-15H2,2-4H3,(H,37,40)/b28-19+. The smallest absolute Gasteiger partial charge is 0.277 e. The van der Waals surface area contributed by atoms with Crippen LogP contribution in [0.2, 0.25) is 0 Å². The van der Waals surface area contributed by atoms with Crippen LogP contribution in [0.15, 0.2) is 77.2 Å². The number of fused-ring (bicyclic) bond motifs is 3. The number of rotatable bonds is 9. The van der Waals surface area contributed by atoms with E-state index in [1.54, 1.807) is 6.07 Å². The molecule has 1 aliphatic heterocycles. The fraction of sp³-hybridized carbons (Fsp3) is 0.182. The summed E-state index contributed by atoms with van der Waals surface area (Å²) in [5.41, 5.74) is -0.722. The molecule has 2 heterocycles. The third-order valence-corrected chi connectivity index (χ3v) is 6.57. The Hall–Kier alpha value is -6.03. The van der Waals surface area contributed by atoms with Crippen LogP contribution < -0.4 is 29.2 Å². The molecule has 0 aliphatic carbocycles. The Kier molecular flexibility index (Phi) is 9.08. The maximum atomic E-state index is 15.4. The number of hydrogen-bond acceptors (Lipinski definition) is 9. The predicted octanol–water partition coefficient (Wildman–Crippen LogP) is 6.47. The average Bonchev–Trinajstić information content (AvgIpc) is 3.03. The average molecular weight is 629 g/mol. The number of carbonyl (C=O) groups is 2. The van der Waals surface area contributed by atoms with E-state index in [9.17, 15) is 18.9 Å². The molecular weight excluding hydrogens is 602 g/mol. The number of hydrogen-bond donors (Lipinski definition) is 1. The molecule has 13 heteroatoms. The minimum Gasteiger partial charge on any atom is -0.487 e. The van der Waals surface area contributed by atoms with Gasteiger partial charge in [0.25, 0.3) is 11.8 Å². The van der Waals surface area contributed by atoms with Crippen LogP contribution in [-0.4, -0.2) is 36.1 Å². The van der Waals surface area contributed by atoms with Crippen molar-refractivity contribution in [3.05, 3.63) is 88.6 Å². The Labute approximate surface area is 261 Å². The number of nitrogens with one attached hydrogen (secondary N) is 1. The van der Waals surface area contributed by atoms with Crippen LogP contribution in [0.5, 0.6) is 28.7 Å². The zero-order valence-electron chi connectivity index (χ0n) is 24.8. The van der Waals surface area contributed by atoms with Crippen molar-refractivity contribution < 1.29 is 37.3 Å². The highest BCUT2D eigenvalue weighted by atomic mass is 19.1. The molecule has 11 nitrogen and oxygen atoms in total. The molecular formula is C33H26F2N4O7. The zero-order valence-corrected chi connectivity index (χ0v) is 24.8. The van der Waals surface area contributed by atoms with Crippen molar-refractivity contribution in [2.24, 2.45) is 5.18 Å². The third kappa shape index (κ3) is 6.41. The molecule has 1 N–H and O–H groups in total. The highest BCUT2D eigenvalue weighted by Crippen LogP contribution is 2.48.